The minimum atomic E-state index is -0.698. The number of amides is 1. The van der Waals surface area contributed by atoms with E-state index in [0.29, 0.717) is 6.54 Å². The zero-order valence-electron chi connectivity index (χ0n) is 11.9. The van der Waals surface area contributed by atoms with Gasteiger partial charge in [0.25, 0.3) is 5.91 Å². The van der Waals surface area contributed by atoms with E-state index in [-0.39, 0.29) is 16.7 Å². The average Bonchev–Trinajstić information content (AvgIpc) is 2.40. The van der Waals surface area contributed by atoms with Crippen LogP contribution in [0, 0.1) is 11.2 Å². The molecule has 0 aliphatic carbocycles. The average molecular weight is 280 g/mol. The number of rotatable bonds is 3. The van der Waals surface area contributed by atoms with Crippen molar-refractivity contribution in [2.24, 2.45) is 5.41 Å². The highest BCUT2D eigenvalue weighted by Gasteiger charge is 2.29. The number of benzene rings is 1. The Hall–Kier alpha value is -1.62. The van der Waals surface area contributed by atoms with E-state index in [0.717, 1.165) is 25.9 Å². The van der Waals surface area contributed by atoms with E-state index in [1.54, 1.807) is 0 Å². The van der Waals surface area contributed by atoms with Crippen molar-refractivity contribution in [3.05, 3.63) is 29.6 Å². The molecule has 2 rings (SSSR count). The van der Waals surface area contributed by atoms with Gasteiger partial charge in [0, 0.05) is 6.54 Å². The Kier molecular flexibility index (Phi) is 4.28. The van der Waals surface area contributed by atoms with Gasteiger partial charge in [-0.1, -0.05) is 13.0 Å². The number of carbonyl (C=O) groups is 1. The summed E-state index contributed by atoms with van der Waals surface area (Å²) in [4.78, 5) is 14.3. The van der Waals surface area contributed by atoms with Crippen molar-refractivity contribution >= 4 is 5.91 Å². The Bertz CT molecular complexity index is 476. The lowest BCUT2D eigenvalue weighted by atomic mass is 9.80. The molecule has 110 valence electrons. The number of aromatic hydroxyl groups is 1. The normalized spacial score (nSPS) is 18.8. The van der Waals surface area contributed by atoms with Gasteiger partial charge in [-0.15, -0.1) is 0 Å². The minimum absolute atomic E-state index is 0.0308. The van der Waals surface area contributed by atoms with Crippen LogP contribution in [0.3, 0.4) is 0 Å². The molecule has 1 aliphatic heterocycles. The van der Waals surface area contributed by atoms with Gasteiger partial charge in [-0.3, -0.25) is 4.79 Å². The zero-order valence-corrected chi connectivity index (χ0v) is 11.9. The molecule has 0 aromatic heterocycles. The number of hydrogen-bond donors (Lipinski definition) is 2. The second kappa shape index (κ2) is 5.79. The van der Waals surface area contributed by atoms with Crippen LogP contribution in [0.5, 0.6) is 5.75 Å². The lowest BCUT2D eigenvalue weighted by Gasteiger charge is -2.37. The van der Waals surface area contributed by atoms with Gasteiger partial charge in [0.15, 0.2) is 0 Å². The van der Waals surface area contributed by atoms with Crippen LogP contribution in [-0.4, -0.2) is 42.6 Å². The molecule has 0 saturated carbocycles. The van der Waals surface area contributed by atoms with Gasteiger partial charge in [-0.2, -0.15) is 0 Å². The maximum atomic E-state index is 13.6. The number of phenols is 1. The Morgan fingerprint density at radius 2 is 2.10 bits per heavy atom. The third-order valence-electron chi connectivity index (χ3n) is 4.09. The number of phenolic OH excluding ortho intramolecular Hbond substituents is 1. The molecule has 0 radical (unpaired) electrons. The summed E-state index contributed by atoms with van der Waals surface area (Å²) >= 11 is 0. The van der Waals surface area contributed by atoms with E-state index >= 15 is 0 Å². The fourth-order valence-electron chi connectivity index (χ4n) is 2.45. The second-order valence-electron chi connectivity index (χ2n) is 5.93. The molecule has 2 N–H and O–H groups in total. The van der Waals surface area contributed by atoms with Crippen molar-refractivity contribution in [3.8, 4) is 5.75 Å². The number of nitrogens with one attached hydrogen (secondary N) is 1. The molecule has 0 spiro atoms. The van der Waals surface area contributed by atoms with E-state index in [1.165, 1.54) is 18.2 Å². The van der Waals surface area contributed by atoms with Crippen LogP contribution in [0.2, 0.25) is 0 Å². The SMILES string of the molecule is CN1CCC(C)(CNC(=O)c2c(O)cccc2F)CC1. The zero-order chi connectivity index (χ0) is 14.8. The molecule has 4 nitrogen and oxygen atoms in total. The van der Waals surface area contributed by atoms with Gasteiger partial charge in [-0.25, -0.2) is 4.39 Å². The van der Waals surface area contributed by atoms with E-state index in [2.05, 4.69) is 24.2 Å². The van der Waals surface area contributed by atoms with Crippen molar-refractivity contribution < 1.29 is 14.3 Å². The number of hydrogen-bond acceptors (Lipinski definition) is 3. The first-order valence-electron chi connectivity index (χ1n) is 6.85. The molecule has 0 bridgehead atoms. The Morgan fingerprint density at radius 1 is 1.45 bits per heavy atom. The first-order chi connectivity index (χ1) is 9.41. The summed E-state index contributed by atoms with van der Waals surface area (Å²) in [6, 6.07) is 3.86. The molecular weight excluding hydrogens is 259 g/mol. The molecule has 1 fully saturated rings. The van der Waals surface area contributed by atoms with Crippen molar-refractivity contribution in [2.45, 2.75) is 19.8 Å². The lowest BCUT2D eigenvalue weighted by Crippen LogP contribution is -2.43. The van der Waals surface area contributed by atoms with Crippen molar-refractivity contribution in [3.63, 3.8) is 0 Å². The minimum Gasteiger partial charge on any atom is -0.507 e. The number of carbonyl (C=O) groups excluding carboxylic acids is 1. The van der Waals surface area contributed by atoms with Crippen LogP contribution >= 0.6 is 0 Å². The summed E-state index contributed by atoms with van der Waals surface area (Å²) in [7, 11) is 2.08. The summed E-state index contributed by atoms with van der Waals surface area (Å²) in [6.07, 6.45) is 1.99. The summed E-state index contributed by atoms with van der Waals surface area (Å²) in [5.41, 5.74) is -0.243. The monoisotopic (exact) mass is 280 g/mol. The van der Waals surface area contributed by atoms with Gasteiger partial charge >= 0.3 is 0 Å². The highest BCUT2D eigenvalue weighted by atomic mass is 19.1. The Balaban J connectivity index is 1.99. The van der Waals surface area contributed by atoms with Gasteiger partial charge in [-0.05, 0) is 50.5 Å². The first-order valence-corrected chi connectivity index (χ1v) is 6.85. The highest BCUT2D eigenvalue weighted by Crippen LogP contribution is 2.29. The van der Waals surface area contributed by atoms with Gasteiger partial charge in [0.1, 0.15) is 17.1 Å². The predicted molar refractivity (Wildman–Crippen MR) is 75.2 cm³/mol. The first kappa shape index (κ1) is 14.8. The van der Waals surface area contributed by atoms with Crippen LogP contribution < -0.4 is 5.32 Å². The summed E-state index contributed by atoms with van der Waals surface area (Å²) in [5, 5.41) is 12.3. The molecule has 1 amide bonds. The second-order valence-corrected chi connectivity index (χ2v) is 5.93. The van der Waals surface area contributed by atoms with Crippen molar-refractivity contribution in [2.75, 3.05) is 26.7 Å². The lowest BCUT2D eigenvalue weighted by molar-refractivity contribution is 0.0885. The third-order valence-corrected chi connectivity index (χ3v) is 4.09. The fraction of sp³-hybridized carbons (Fsp3) is 0.533. The Morgan fingerprint density at radius 3 is 2.70 bits per heavy atom. The van der Waals surface area contributed by atoms with Crippen LogP contribution in [0.15, 0.2) is 18.2 Å². The summed E-state index contributed by atoms with van der Waals surface area (Å²) in [5.74, 6) is -1.58. The highest BCUT2D eigenvalue weighted by molar-refractivity contribution is 5.97. The molecule has 1 aromatic carbocycles. The van der Waals surface area contributed by atoms with Gasteiger partial charge < -0.3 is 15.3 Å². The van der Waals surface area contributed by atoms with Crippen molar-refractivity contribution in [1.29, 1.82) is 0 Å². The Labute approximate surface area is 118 Å². The molecule has 1 aromatic rings. The van der Waals surface area contributed by atoms with E-state index in [1.807, 2.05) is 0 Å². The smallest absolute Gasteiger partial charge is 0.258 e. The maximum Gasteiger partial charge on any atom is 0.258 e. The molecular formula is C15H21FN2O2. The van der Waals surface area contributed by atoms with E-state index < -0.39 is 11.7 Å². The standard InChI is InChI=1S/C15H21FN2O2/c1-15(6-8-18(2)9-7-15)10-17-14(20)13-11(16)4-3-5-12(13)19/h3-5,19H,6-10H2,1-2H3,(H,17,20). The third kappa shape index (κ3) is 3.28. The quantitative estimate of drug-likeness (QED) is 0.890. The molecule has 0 unspecified atom stereocenters. The van der Waals surface area contributed by atoms with Crippen LogP contribution in [0.1, 0.15) is 30.1 Å². The topological polar surface area (TPSA) is 52.6 Å². The van der Waals surface area contributed by atoms with E-state index in [4.69, 9.17) is 0 Å². The summed E-state index contributed by atoms with van der Waals surface area (Å²) < 4.78 is 13.6. The van der Waals surface area contributed by atoms with Crippen LogP contribution in [0.4, 0.5) is 4.39 Å². The maximum absolute atomic E-state index is 13.6. The molecule has 5 heteroatoms. The number of nitrogens with zero attached hydrogens (tertiary/aromatic N) is 1. The van der Waals surface area contributed by atoms with Crippen LogP contribution in [-0.2, 0) is 0 Å². The fourth-order valence-corrected chi connectivity index (χ4v) is 2.45. The molecule has 0 atom stereocenters. The van der Waals surface area contributed by atoms with E-state index in [9.17, 15) is 14.3 Å². The molecule has 1 aliphatic rings. The van der Waals surface area contributed by atoms with Gasteiger partial charge in [0.05, 0.1) is 0 Å². The molecule has 20 heavy (non-hydrogen) atoms. The molecule has 1 saturated heterocycles. The molecule has 1 heterocycles. The number of halogens is 1. The van der Waals surface area contributed by atoms with Crippen LogP contribution in [0.25, 0.3) is 0 Å². The van der Waals surface area contributed by atoms with Crippen molar-refractivity contribution in [1.82, 2.24) is 10.2 Å². The largest absolute Gasteiger partial charge is 0.507 e. The predicted octanol–water partition coefficient (Wildman–Crippen LogP) is 1.99. The number of likely N-dealkylation sites (tertiary alicyclic amines) is 1. The number of piperidine rings is 1. The summed E-state index contributed by atoms with van der Waals surface area (Å²) in [6.45, 7) is 4.61. The van der Waals surface area contributed by atoms with Gasteiger partial charge in [0.2, 0.25) is 0 Å².